The van der Waals surface area contributed by atoms with Gasteiger partial charge >= 0.3 is 0 Å². The van der Waals surface area contributed by atoms with Crippen LogP contribution in [0, 0.1) is 0 Å². The zero-order valence-corrected chi connectivity index (χ0v) is 9.11. The first-order valence-electron chi connectivity index (χ1n) is 5.58. The van der Waals surface area contributed by atoms with Crippen LogP contribution in [-0.2, 0) is 0 Å². The van der Waals surface area contributed by atoms with Crippen LogP contribution in [0.25, 0.3) is 0 Å². The van der Waals surface area contributed by atoms with Crippen LogP contribution in [0.5, 0.6) is 0 Å². The molecule has 1 aliphatic rings. The van der Waals surface area contributed by atoms with Crippen LogP contribution in [0.15, 0.2) is 6.20 Å². The van der Waals surface area contributed by atoms with E-state index in [-0.39, 0.29) is 0 Å². The summed E-state index contributed by atoms with van der Waals surface area (Å²) in [6.07, 6.45) is 5.23. The number of rotatable bonds is 4. The van der Waals surface area contributed by atoms with Gasteiger partial charge in [0.25, 0.3) is 0 Å². The molecule has 1 N–H and O–H groups in total. The van der Waals surface area contributed by atoms with Crippen molar-refractivity contribution in [2.75, 3.05) is 29.9 Å². The average Bonchev–Trinajstić information content (AvgIpc) is 2.80. The summed E-state index contributed by atoms with van der Waals surface area (Å²) in [6.45, 7) is 5.17. The minimum atomic E-state index is 0.758. The van der Waals surface area contributed by atoms with Crippen molar-refractivity contribution in [1.29, 1.82) is 0 Å². The van der Waals surface area contributed by atoms with Crippen LogP contribution in [0.1, 0.15) is 26.2 Å². The number of nitrogens with zero attached hydrogens (tertiary/aromatic N) is 4. The molecule has 5 nitrogen and oxygen atoms in total. The van der Waals surface area contributed by atoms with Crippen molar-refractivity contribution < 1.29 is 0 Å². The zero-order valence-electron chi connectivity index (χ0n) is 9.11. The molecule has 0 spiro atoms. The number of nitrogens with one attached hydrogen (secondary N) is 1. The van der Waals surface area contributed by atoms with Gasteiger partial charge in [-0.2, -0.15) is 10.1 Å². The van der Waals surface area contributed by atoms with Crippen molar-refractivity contribution in [3.63, 3.8) is 0 Å². The van der Waals surface area contributed by atoms with Crippen molar-refractivity contribution in [1.82, 2.24) is 15.2 Å². The minimum absolute atomic E-state index is 0.758. The molecule has 0 aliphatic carbocycles. The minimum Gasteiger partial charge on any atom is -0.369 e. The number of hydrogen-bond acceptors (Lipinski definition) is 5. The van der Waals surface area contributed by atoms with Gasteiger partial charge in [-0.05, 0) is 19.3 Å². The van der Waals surface area contributed by atoms with Gasteiger partial charge in [-0.15, -0.1) is 5.10 Å². The summed E-state index contributed by atoms with van der Waals surface area (Å²) in [5.41, 5.74) is 0. The van der Waals surface area contributed by atoms with Gasteiger partial charge in [-0.25, -0.2) is 0 Å². The first kappa shape index (κ1) is 10.1. The van der Waals surface area contributed by atoms with E-state index in [4.69, 9.17) is 0 Å². The molecule has 0 unspecified atom stereocenters. The highest BCUT2D eigenvalue weighted by atomic mass is 15.3. The van der Waals surface area contributed by atoms with Gasteiger partial charge in [0.15, 0.2) is 5.82 Å². The quantitative estimate of drug-likeness (QED) is 0.806. The van der Waals surface area contributed by atoms with E-state index in [1.54, 1.807) is 6.20 Å². The molecule has 0 saturated carbocycles. The highest BCUT2D eigenvalue weighted by Gasteiger charge is 2.15. The maximum Gasteiger partial charge on any atom is 0.247 e. The molecular weight excluding hydrogens is 190 g/mol. The van der Waals surface area contributed by atoms with Crippen LogP contribution in [0.2, 0.25) is 0 Å². The topological polar surface area (TPSA) is 53.9 Å². The Morgan fingerprint density at radius 1 is 1.40 bits per heavy atom. The molecule has 5 heteroatoms. The van der Waals surface area contributed by atoms with Gasteiger partial charge in [0.2, 0.25) is 5.95 Å². The summed E-state index contributed by atoms with van der Waals surface area (Å²) in [5.74, 6) is 1.59. The van der Waals surface area contributed by atoms with E-state index in [0.29, 0.717) is 0 Å². The van der Waals surface area contributed by atoms with Crippen LogP contribution >= 0.6 is 0 Å². The molecule has 2 rings (SSSR count). The lowest BCUT2D eigenvalue weighted by molar-refractivity contribution is 0.845. The Kier molecular flexibility index (Phi) is 3.32. The molecule has 0 amide bonds. The van der Waals surface area contributed by atoms with E-state index in [1.807, 2.05) is 0 Å². The largest absolute Gasteiger partial charge is 0.369 e. The fourth-order valence-electron chi connectivity index (χ4n) is 1.68. The van der Waals surface area contributed by atoms with Crippen LogP contribution in [0.4, 0.5) is 11.8 Å². The van der Waals surface area contributed by atoms with E-state index >= 15 is 0 Å². The third-order valence-corrected chi connectivity index (χ3v) is 2.49. The molecule has 0 atom stereocenters. The first-order chi connectivity index (χ1) is 7.40. The molecule has 15 heavy (non-hydrogen) atoms. The van der Waals surface area contributed by atoms with Crippen LogP contribution < -0.4 is 10.2 Å². The number of hydrogen-bond donors (Lipinski definition) is 1. The van der Waals surface area contributed by atoms with Gasteiger partial charge < -0.3 is 10.2 Å². The molecule has 1 fully saturated rings. The van der Waals surface area contributed by atoms with E-state index in [0.717, 1.165) is 37.8 Å². The molecule has 1 aliphatic heterocycles. The lowest BCUT2D eigenvalue weighted by Gasteiger charge is -2.14. The summed E-state index contributed by atoms with van der Waals surface area (Å²) in [7, 11) is 0. The molecule has 1 aromatic heterocycles. The zero-order chi connectivity index (χ0) is 10.5. The highest BCUT2D eigenvalue weighted by molar-refractivity contribution is 5.39. The second kappa shape index (κ2) is 4.91. The summed E-state index contributed by atoms with van der Waals surface area (Å²) in [5, 5.41) is 11.2. The van der Waals surface area contributed by atoms with Crippen molar-refractivity contribution in [2.45, 2.75) is 26.2 Å². The third-order valence-electron chi connectivity index (χ3n) is 2.49. The Hall–Kier alpha value is -1.39. The third kappa shape index (κ3) is 2.55. The first-order valence-corrected chi connectivity index (χ1v) is 5.58. The Labute approximate surface area is 89.9 Å². The molecule has 0 radical (unpaired) electrons. The van der Waals surface area contributed by atoms with Gasteiger partial charge in [0.05, 0.1) is 6.20 Å². The highest BCUT2D eigenvalue weighted by Crippen LogP contribution is 2.15. The molecule has 1 saturated heterocycles. The normalized spacial score (nSPS) is 15.7. The Bertz CT molecular complexity index is 308. The number of aromatic nitrogens is 3. The lowest BCUT2D eigenvalue weighted by Crippen LogP contribution is -2.21. The van der Waals surface area contributed by atoms with E-state index in [1.165, 1.54) is 12.8 Å². The smallest absolute Gasteiger partial charge is 0.247 e. The van der Waals surface area contributed by atoms with Crippen LogP contribution in [0.3, 0.4) is 0 Å². The molecule has 82 valence electrons. The molecule has 0 aromatic carbocycles. The van der Waals surface area contributed by atoms with Crippen LogP contribution in [-0.4, -0.2) is 34.8 Å². The predicted octanol–water partition coefficient (Wildman–Crippen LogP) is 1.29. The lowest BCUT2D eigenvalue weighted by atomic mass is 10.4. The summed E-state index contributed by atoms with van der Waals surface area (Å²) < 4.78 is 0. The van der Waals surface area contributed by atoms with E-state index < -0.39 is 0 Å². The maximum absolute atomic E-state index is 4.43. The summed E-state index contributed by atoms with van der Waals surface area (Å²) in [6, 6.07) is 0. The molecule has 0 bridgehead atoms. The van der Waals surface area contributed by atoms with E-state index in [2.05, 4.69) is 32.3 Å². The average molecular weight is 207 g/mol. The molecule has 1 aromatic rings. The summed E-state index contributed by atoms with van der Waals surface area (Å²) >= 11 is 0. The van der Waals surface area contributed by atoms with Gasteiger partial charge in [0.1, 0.15) is 0 Å². The van der Waals surface area contributed by atoms with Crippen molar-refractivity contribution in [3.05, 3.63) is 6.20 Å². The molecule has 2 heterocycles. The predicted molar refractivity (Wildman–Crippen MR) is 60.1 cm³/mol. The Morgan fingerprint density at radius 2 is 2.20 bits per heavy atom. The SMILES string of the molecule is CCCNc1cnnc(N2CCCC2)n1. The molecular formula is C10H17N5. The fourth-order valence-corrected chi connectivity index (χ4v) is 1.68. The summed E-state index contributed by atoms with van der Waals surface area (Å²) in [4.78, 5) is 6.62. The fraction of sp³-hybridized carbons (Fsp3) is 0.700. The second-order valence-corrected chi connectivity index (χ2v) is 3.76. The Morgan fingerprint density at radius 3 is 2.93 bits per heavy atom. The van der Waals surface area contributed by atoms with Crippen molar-refractivity contribution >= 4 is 11.8 Å². The van der Waals surface area contributed by atoms with E-state index in [9.17, 15) is 0 Å². The van der Waals surface area contributed by atoms with Gasteiger partial charge in [-0.3, -0.25) is 0 Å². The maximum atomic E-state index is 4.43. The van der Waals surface area contributed by atoms with Crippen molar-refractivity contribution in [2.24, 2.45) is 0 Å². The number of anilines is 2. The second-order valence-electron chi connectivity index (χ2n) is 3.76. The van der Waals surface area contributed by atoms with Crippen molar-refractivity contribution in [3.8, 4) is 0 Å². The Balaban J connectivity index is 2.04. The standard InChI is InChI=1S/C10H17N5/c1-2-5-11-9-8-12-14-10(13-9)15-6-3-4-7-15/h8H,2-7H2,1H3,(H,11,13,14). The van der Waals surface area contributed by atoms with Gasteiger partial charge in [0, 0.05) is 19.6 Å². The van der Waals surface area contributed by atoms with Gasteiger partial charge in [-0.1, -0.05) is 6.92 Å². The monoisotopic (exact) mass is 207 g/mol.